The van der Waals surface area contributed by atoms with Crippen molar-refractivity contribution in [3.63, 3.8) is 0 Å². The Morgan fingerprint density at radius 3 is 0.556 bits per heavy atom. The van der Waals surface area contributed by atoms with Gasteiger partial charge >= 0.3 is 29.6 Å². The van der Waals surface area contributed by atoms with Gasteiger partial charge in [-0.2, -0.15) is 0 Å². The molecule has 0 aromatic rings. The summed E-state index contributed by atoms with van der Waals surface area (Å²) in [5.41, 5.74) is 0. The van der Waals surface area contributed by atoms with Crippen molar-refractivity contribution in [3.8, 4) is 0 Å². The minimum Gasteiger partial charge on any atom is -0.512 e. The SMILES string of the molecule is [C-]#N.[C-]#N.[C-]#N.[ClH2+].[ClH2+].[Na+]. The zero-order chi connectivity index (χ0) is 6.00. The third-order valence-electron chi connectivity index (χ3n) is 0. The first-order valence-corrected chi connectivity index (χ1v) is 0.671. The smallest absolute Gasteiger partial charge is 0.512 e. The Balaban J connectivity index is -0.00000000321. The van der Waals surface area contributed by atoms with E-state index in [-0.39, 0.29) is 54.4 Å². The summed E-state index contributed by atoms with van der Waals surface area (Å²) in [7, 11) is 0. The Kier molecular flexibility index (Phi) is 1120000. The fourth-order valence-electron chi connectivity index (χ4n) is 0. The van der Waals surface area contributed by atoms with Crippen LogP contribution in [0.2, 0.25) is 0 Å². The predicted octanol–water partition coefficient (Wildman–Crippen LogP) is -3.78. The summed E-state index contributed by atoms with van der Waals surface area (Å²) in [6, 6.07) is 0. The summed E-state index contributed by atoms with van der Waals surface area (Å²) in [5, 5.41) is 18.8. The molecule has 0 amide bonds. The second kappa shape index (κ2) is 160000. The largest absolute Gasteiger partial charge is 1.00 e. The Labute approximate surface area is 89.4 Å². The molecule has 0 radical (unpaired) electrons. The molecular formula is C3H4Cl2N3Na. The van der Waals surface area contributed by atoms with Crippen LogP contribution in [0.25, 0.3) is 0 Å². The summed E-state index contributed by atoms with van der Waals surface area (Å²) >= 11 is 0. The number of rotatable bonds is 0. The number of hydrogen-bond donors (Lipinski definition) is 0. The van der Waals surface area contributed by atoms with E-state index < -0.39 is 0 Å². The van der Waals surface area contributed by atoms with E-state index in [1.807, 2.05) is 0 Å². The Hall–Kier alpha value is 0.0500. The molecule has 0 rings (SSSR count). The van der Waals surface area contributed by atoms with Crippen molar-refractivity contribution < 1.29 is 54.4 Å². The van der Waals surface area contributed by atoms with E-state index in [1.165, 1.54) is 0 Å². The van der Waals surface area contributed by atoms with Gasteiger partial charge < -0.3 is 35.5 Å². The third-order valence-corrected chi connectivity index (χ3v) is 0. The first-order valence-electron chi connectivity index (χ1n) is 0.671. The van der Waals surface area contributed by atoms with Gasteiger partial charge in [0.15, 0.2) is 0 Å². The molecule has 0 aliphatic carbocycles. The zero-order valence-corrected chi connectivity index (χ0v) is 8.52. The van der Waals surface area contributed by atoms with Crippen molar-refractivity contribution in [3.05, 3.63) is 19.7 Å². The number of hydrogen-bond acceptors (Lipinski definition) is 3. The van der Waals surface area contributed by atoms with Gasteiger partial charge in [-0.1, -0.05) is 0 Å². The molecule has 0 aliphatic rings. The van der Waals surface area contributed by atoms with Crippen LogP contribution in [0.1, 0.15) is 0 Å². The molecule has 9 heavy (non-hydrogen) atoms. The summed E-state index contributed by atoms with van der Waals surface area (Å²) in [4.78, 5) is 0. The maximum atomic E-state index is 6.25. The minimum atomic E-state index is 0. The molecule has 46 valence electrons. The van der Waals surface area contributed by atoms with Crippen LogP contribution in [-0.2, 0) is 0 Å². The van der Waals surface area contributed by atoms with E-state index in [0.717, 1.165) is 0 Å². The van der Waals surface area contributed by atoms with Crippen LogP contribution in [0.15, 0.2) is 0 Å². The molecule has 0 aliphatic heterocycles. The first-order chi connectivity index (χ1) is 3.00. The first kappa shape index (κ1) is 63.0. The van der Waals surface area contributed by atoms with Crippen molar-refractivity contribution in [2.75, 3.05) is 0 Å². The van der Waals surface area contributed by atoms with Crippen molar-refractivity contribution in [1.82, 2.24) is 0 Å². The van der Waals surface area contributed by atoms with E-state index in [2.05, 4.69) is 0 Å². The van der Waals surface area contributed by atoms with E-state index in [4.69, 9.17) is 35.5 Å². The standard InChI is InChI=1S/3CN.2ClH2.Na/c3*1-2;;;/h;;;2*1H2;/q3*-1;3*+1. The molecule has 0 spiro atoms. The Bertz CT molecular complexity index is 45.5. The molecule has 3 nitrogen and oxygen atoms in total. The molecule has 6 heteroatoms. The maximum Gasteiger partial charge on any atom is 1.00 e. The van der Waals surface area contributed by atoms with Gasteiger partial charge in [0, 0.05) is 0 Å². The maximum absolute atomic E-state index is 6.25. The van der Waals surface area contributed by atoms with Crippen molar-refractivity contribution in [2.24, 2.45) is 0 Å². The van der Waals surface area contributed by atoms with Gasteiger partial charge in [0.1, 0.15) is 0 Å². The molecule has 0 atom stereocenters. The van der Waals surface area contributed by atoms with Gasteiger partial charge in [-0.15, -0.1) is 0 Å². The second-order valence-corrected chi connectivity index (χ2v) is 0. The van der Waals surface area contributed by atoms with E-state index in [9.17, 15) is 0 Å². The molecule has 0 fully saturated rings. The summed E-state index contributed by atoms with van der Waals surface area (Å²) in [5.74, 6) is 0. The fourth-order valence-corrected chi connectivity index (χ4v) is 0. The number of nitrogens with zero attached hydrogens (tertiary/aromatic N) is 3. The zero-order valence-electron chi connectivity index (χ0n) is 4.74. The van der Waals surface area contributed by atoms with Gasteiger partial charge in [0.25, 0.3) is 0 Å². The molecule has 0 saturated carbocycles. The van der Waals surface area contributed by atoms with E-state index in [0.29, 0.717) is 0 Å². The van der Waals surface area contributed by atoms with Crippen LogP contribution in [0.5, 0.6) is 0 Å². The van der Waals surface area contributed by atoms with Crippen LogP contribution in [0, 0.1) is 60.3 Å². The van der Waals surface area contributed by atoms with Crippen molar-refractivity contribution in [1.29, 1.82) is 15.8 Å². The second-order valence-electron chi connectivity index (χ2n) is 0. The normalized spacial score (nSPS) is 0.667. The van der Waals surface area contributed by atoms with E-state index >= 15 is 0 Å². The van der Waals surface area contributed by atoms with Crippen LogP contribution < -0.4 is 29.6 Å². The summed E-state index contributed by atoms with van der Waals surface area (Å²) in [6.07, 6.45) is 0. The third kappa shape index (κ3) is 118000. The van der Waals surface area contributed by atoms with Crippen LogP contribution in [0.3, 0.4) is 0 Å². The molecule has 0 N–H and O–H groups in total. The molecule has 0 aromatic carbocycles. The average molecular weight is 176 g/mol. The molecule has 0 bridgehead atoms. The molecule has 0 aromatic heterocycles. The van der Waals surface area contributed by atoms with Gasteiger partial charge in [-0.3, -0.25) is 0 Å². The monoisotopic (exact) mass is 175 g/mol. The average Bonchev–Trinajstić information content (AvgIpc) is 1.81. The van der Waals surface area contributed by atoms with E-state index in [1.54, 1.807) is 0 Å². The molecule has 0 saturated heterocycles. The topological polar surface area (TPSA) is 71.4 Å². The van der Waals surface area contributed by atoms with Gasteiger partial charge in [0.2, 0.25) is 0 Å². The summed E-state index contributed by atoms with van der Waals surface area (Å²) < 4.78 is 0. The molecular weight excluding hydrogens is 172 g/mol. The van der Waals surface area contributed by atoms with Gasteiger partial charge in [0.05, 0.1) is 24.8 Å². The Morgan fingerprint density at radius 2 is 0.556 bits per heavy atom. The predicted molar refractivity (Wildman–Crippen MR) is 20.5 cm³/mol. The molecule has 0 heterocycles. The fraction of sp³-hybridized carbons (Fsp3) is 0. The van der Waals surface area contributed by atoms with Crippen LogP contribution in [-0.4, -0.2) is 0 Å². The van der Waals surface area contributed by atoms with Crippen LogP contribution >= 0.6 is 0 Å². The minimum absolute atomic E-state index is 0. The summed E-state index contributed by atoms with van der Waals surface area (Å²) in [6.45, 7) is 14.2. The molecule has 0 unspecified atom stereocenters. The Morgan fingerprint density at radius 1 is 0.556 bits per heavy atom. The van der Waals surface area contributed by atoms with Crippen molar-refractivity contribution in [2.45, 2.75) is 0 Å². The van der Waals surface area contributed by atoms with Gasteiger partial charge in [-0.25, -0.2) is 0 Å². The van der Waals surface area contributed by atoms with Gasteiger partial charge in [-0.05, 0) is 0 Å². The number of halogens is 2. The van der Waals surface area contributed by atoms with Crippen molar-refractivity contribution >= 4 is 0 Å². The van der Waals surface area contributed by atoms with Crippen LogP contribution in [0.4, 0.5) is 0 Å². The quantitative estimate of drug-likeness (QED) is 0.281.